The van der Waals surface area contributed by atoms with E-state index < -0.39 is 0 Å². The average molecular weight is 285 g/mol. The Balaban J connectivity index is 2.17. The number of methoxy groups -OCH3 is 1. The van der Waals surface area contributed by atoms with Crippen LogP contribution >= 0.6 is 0 Å². The molecule has 2 rings (SSSR count). The van der Waals surface area contributed by atoms with Crippen LogP contribution in [0.1, 0.15) is 25.5 Å². The van der Waals surface area contributed by atoms with Gasteiger partial charge in [0, 0.05) is 0 Å². The molecule has 0 amide bonds. The van der Waals surface area contributed by atoms with Crippen molar-refractivity contribution in [1.29, 1.82) is 0 Å². The second kappa shape index (κ2) is 7.70. The van der Waals surface area contributed by atoms with E-state index >= 15 is 0 Å². The van der Waals surface area contributed by atoms with E-state index in [0.717, 1.165) is 18.0 Å². The first-order chi connectivity index (χ1) is 10.3. The van der Waals surface area contributed by atoms with Gasteiger partial charge in [0.25, 0.3) is 0 Å². The number of nitrogens with one attached hydrogen (secondary N) is 1. The molecule has 0 radical (unpaired) electrons. The Morgan fingerprint density at radius 1 is 0.952 bits per heavy atom. The number of rotatable bonds is 7. The Hall–Kier alpha value is -2.00. The standard InChI is InChI=1S/C18H23NO2/c1-4-19-18(15-10-6-5-7-11-15)14(2)21-17-13-9-8-12-16(17)20-3/h5-14,18-19H,4H2,1-3H3. The van der Waals surface area contributed by atoms with Crippen LogP contribution in [0.4, 0.5) is 0 Å². The number of hydrogen-bond acceptors (Lipinski definition) is 3. The fraction of sp³-hybridized carbons (Fsp3) is 0.333. The second-order valence-corrected chi connectivity index (χ2v) is 4.92. The minimum atomic E-state index is -0.0105. The summed E-state index contributed by atoms with van der Waals surface area (Å²) in [7, 11) is 1.66. The summed E-state index contributed by atoms with van der Waals surface area (Å²) >= 11 is 0. The van der Waals surface area contributed by atoms with Gasteiger partial charge in [-0.2, -0.15) is 0 Å². The van der Waals surface area contributed by atoms with Gasteiger partial charge in [-0.05, 0) is 31.2 Å². The first-order valence-corrected chi connectivity index (χ1v) is 7.34. The molecule has 0 saturated heterocycles. The van der Waals surface area contributed by atoms with Crippen LogP contribution in [-0.4, -0.2) is 19.8 Å². The number of para-hydroxylation sites is 2. The maximum absolute atomic E-state index is 6.12. The second-order valence-electron chi connectivity index (χ2n) is 4.92. The van der Waals surface area contributed by atoms with Crippen molar-refractivity contribution in [3.63, 3.8) is 0 Å². The molecule has 0 aromatic heterocycles. The Morgan fingerprint density at radius 3 is 2.19 bits per heavy atom. The zero-order valence-electron chi connectivity index (χ0n) is 12.9. The first-order valence-electron chi connectivity index (χ1n) is 7.34. The molecule has 3 heteroatoms. The molecule has 0 bridgehead atoms. The molecular formula is C18H23NO2. The Labute approximate surface area is 126 Å². The third-order valence-electron chi connectivity index (χ3n) is 3.43. The topological polar surface area (TPSA) is 30.5 Å². The van der Waals surface area contributed by atoms with Crippen LogP contribution in [-0.2, 0) is 0 Å². The van der Waals surface area contributed by atoms with E-state index in [-0.39, 0.29) is 12.1 Å². The van der Waals surface area contributed by atoms with Crippen LogP contribution in [0, 0.1) is 0 Å². The lowest BCUT2D eigenvalue weighted by molar-refractivity contribution is 0.165. The smallest absolute Gasteiger partial charge is 0.161 e. The van der Waals surface area contributed by atoms with Crippen molar-refractivity contribution in [2.24, 2.45) is 0 Å². The van der Waals surface area contributed by atoms with Gasteiger partial charge in [-0.15, -0.1) is 0 Å². The van der Waals surface area contributed by atoms with Gasteiger partial charge in [-0.3, -0.25) is 0 Å². The summed E-state index contributed by atoms with van der Waals surface area (Å²) in [6, 6.07) is 18.2. The molecule has 112 valence electrons. The van der Waals surface area contributed by atoms with Crippen LogP contribution in [0.5, 0.6) is 11.5 Å². The zero-order valence-corrected chi connectivity index (χ0v) is 12.9. The van der Waals surface area contributed by atoms with Crippen LogP contribution in [0.2, 0.25) is 0 Å². The molecule has 2 unspecified atom stereocenters. The normalized spacial score (nSPS) is 13.5. The molecule has 0 heterocycles. The van der Waals surface area contributed by atoms with Crippen LogP contribution < -0.4 is 14.8 Å². The van der Waals surface area contributed by atoms with Gasteiger partial charge in [0.1, 0.15) is 6.10 Å². The highest BCUT2D eigenvalue weighted by atomic mass is 16.5. The van der Waals surface area contributed by atoms with Crippen molar-refractivity contribution in [3.05, 3.63) is 60.2 Å². The molecule has 0 fully saturated rings. The van der Waals surface area contributed by atoms with Crippen molar-refractivity contribution in [3.8, 4) is 11.5 Å². The van der Waals surface area contributed by atoms with Gasteiger partial charge in [0.2, 0.25) is 0 Å². The predicted molar refractivity (Wildman–Crippen MR) is 85.9 cm³/mol. The Morgan fingerprint density at radius 2 is 1.57 bits per heavy atom. The summed E-state index contributed by atoms with van der Waals surface area (Å²) in [5.74, 6) is 1.53. The van der Waals surface area contributed by atoms with E-state index in [2.05, 4.69) is 43.4 Å². The molecule has 0 aliphatic carbocycles. The fourth-order valence-electron chi connectivity index (χ4n) is 2.42. The van der Waals surface area contributed by atoms with E-state index in [9.17, 15) is 0 Å². The molecule has 0 spiro atoms. The van der Waals surface area contributed by atoms with Crippen LogP contribution in [0.3, 0.4) is 0 Å². The van der Waals surface area contributed by atoms with Crippen molar-refractivity contribution >= 4 is 0 Å². The summed E-state index contributed by atoms with van der Waals surface area (Å²) in [5, 5.41) is 3.49. The third kappa shape index (κ3) is 3.99. The summed E-state index contributed by atoms with van der Waals surface area (Å²) in [4.78, 5) is 0. The van der Waals surface area contributed by atoms with Crippen molar-refractivity contribution in [2.75, 3.05) is 13.7 Å². The van der Waals surface area contributed by atoms with E-state index in [1.54, 1.807) is 7.11 Å². The van der Waals surface area contributed by atoms with Crippen molar-refractivity contribution in [1.82, 2.24) is 5.32 Å². The molecule has 2 aromatic carbocycles. The Kier molecular flexibility index (Phi) is 5.64. The van der Waals surface area contributed by atoms with E-state index in [0.29, 0.717) is 0 Å². The fourth-order valence-corrected chi connectivity index (χ4v) is 2.42. The quantitative estimate of drug-likeness (QED) is 0.839. The highest BCUT2D eigenvalue weighted by Gasteiger charge is 2.20. The number of hydrogen-bond donors (Lipinski definition) is 1. The average Bonchev–Trinajstić information content (AvgIpc) is 2.53. The molecule has 0 aliphatic rings. The molecule has 2 atom stereocenters. The maximum atomic E-state index is 6.12. The van der Waals surface area contributed by atoms with Gasteiger partial charge < -0.3 is 14.8 Å². The Bertz CT molecular complexity index is 542. The van der Waals surface area contributed by atoms with Crippen LogP contribution in [0.25, 0.3) is 0 Å². The van der Waals surface area contributed by atoms with Gasteiger partial charge in [-0.25, -0.2) is 0 Å². The summed E-state index contributed by atoms with van der Waals surface area (Å²) in [5.41, 5.74) is 1.22. The lowest BCUT2D eigenvalue weighted by Gasteiger charge is -2.26. The molecule has 1 N–H and O–H groups in total. The highest BCUT2D eigenvalue weighted by Crippen LogP contribution is 2.29. The van der Waals surface area contributed by atoms with Gasteiger partial charge in [0.15, 0.2) is 11.5 Å². The van der Waals surface area contributed by atoms with E-state index in [1.165, 1.54) is 5.56 Å². The number of likely N-dealkylation sites (N-methyl/N-ethyl adjacent to an activating group) is 1. The lowest BCUT2D eigenvalue weighted by Crippen LogP contribution is -2.33. The molecule has 3 nitrogen and oxygen atoms in total. The van der Waals surface area contributed by atoms with Gasteiger partial charge >= 0.3 is 0 Å². The summed E-state index contributed by atoms with van der Waals surface area (Å²) in [6.07, 6.45) is -0.0105. The zero-order chi connectivity index (χ0) is 15.1. The van der Waals surface area contributed by atoms with Gasteiger partial charge in [-0.1, -0.05) is 49.4 Å². The molecule has 2 aromatic rings. The monoisotopic (exact) mass is 285 g/mol. The molecular weight excluding hydrogens is 262 g/mol. The maximum Gasteiger partial charge on any atom is 0.161 e. The molecule has 0 aliphatic heterocycles. The molecule has 0 saturated carbocycles. The van der Waals surface area contributed by atoms with Crippen molar-refractivity contribution in [2.45, 2.75) is 26.0 Å². The predicted octanol–water partition coefficient (Wildman–Crippen LogP) is 3.81. The van der Waals surface area contributed by atoms with E-state index in [1.807, 2.05) is 30.3 Å². The third-order valence-corrected chi connectivity index (χ3v) is 3.43. The molecule has 21 heavy (non-hydrogen) atoms. The largest absolute Gasteiger partial charge is 0.493 e. The minimum Gasteiger partial charge on any atom is -0.493 e. The number of benzene rings is 2. The first kappa shape index (κ1) is 15.4. The van der Waals surface area contributed by atoms with E-state index in [4.69, 9.17) is 9.47 Å². The van der Waals surface area contributed by atoms with Crippen LogP contribution in [0.15, 0.2) is 54.6 Å². The van der Waals surface area contributed by atoms with Crippen molar-refractivity contribution < 1.29 is 9.47 Å². The summed E-state index contributed by atoms with van der Waals surface area (Å²) < 4.78 is 11.5. The van der Waals surface area contributed by atoms with Gasteiger partial charge in [0.05, 0.1) is 13.2 Å². The minimum absolute atomic E-state index is 0.0105. The SMILES string of the molecule is CCNC(c1ccccc1)C(C)Oc1ccccc1OC. The summed E-state index contributed by atoms with van der Waals surface area (Å²) in [6.45, 7) is 5.07. The lowest BCUT2D eigenvalue weighted by atomic mass is 10.0. The number of ether oxygens (including phenoxy) is 2. The highest BCUT2D eigenvalue weighted by molar-refractivity contribution is 5.39.